The molecule has 0 aliphatic heterocycles. The fourth-order valence-electron chi connectivity index (χ4n) is 2.98. The third kappa shape index (κ3) is 5.55. The molecule has 0 spiro atoms. The van der Waals surface area contributed by atoms with Crippen LogP contribution in [0.3, 0.4) is 0 Å². The lowest BCUT2D eigenvalue weighted by atomic mass is 10.1. The summed E-state index contributed by atoms with van der Waals surface area (Å²) in [4.78, 5) is 29.3. The molecule has 2 aromatic carbocycles. The van der Waals surface area contributed by atoms with Crippen molar-refractivity contribution in [2.24, 2.45) is 0 Å². The lowest BCUT2D eigenvalue weighted by molar-refractivity contribution is -0.152. The van der Waals surface area contributed by atoms with E-state index in [1.807, 2.05) is 35.7 Å². The molecule has 0 saturated heterocycles. The van der Waals surface area contributed by atoms with E-state index in [2.05, 4.69) is 10.3 Å². The molecule has 8 nitrogen and oxygen atoms in total. The predicted molar refractivity (Wildman–Crippen MR) is 122 cm³/mol. The summed E-state index contributed by atoms with van der Waals surface area (Å²) < 4.78 is 21.2. The predicted octanol–water partition coefficient (Wildman–Crippen LogP) is 3.95. The number of ether oxygens (including phenoxy) is 4. The first-order valence-corrected chi connectivity index (χ1v) is 10.6. The normalized spacial score (nSPS) is 11.4. The molecule has 3 aromatic rings. The van der Waals surface area contributed by atoms with Gasteiger partial charge in [-0.3, -0.25) is 14.9 Å². The molecule has 1 unspecified atom stereocenters. The number of nitrogens with one attached hydrogen (secondary N) is 1. The summed E-state index contributed by atoms with van der Waals surface area (Å²) in [5.74, 6) is 0.262. The number of esters is 1. The SMILES string of the molecule is COc1cc(CC(=O)OC(C)C(=O)Nc2nc(-c3ccccc3)cs2)cc(OC)c1OC. The molecular formula is C23H24N2O6S. The third-order valence-corrected chi connectivity index (χ3v) is 5.31. The number of rotatable bonds is 9. The van der Waals surface area contributed by atoms with Crippen molar-refractivity contribution in [2.75, 3.05) is 26.6 Å². The zero-order valence-electron chi connectivity index (χ0n) is 18.2. The maximum Gasteiger partial charge on any atom is 0.311 e. The Morgan fingerprint density at radius 3 is 2.28 bits per heavy atom. The number of amides is 1. The van der Waals surface area contributed by atoms with Gasteiger partial charge in [0.15, 0.2) is 22.7 Å². The zero-order valence-corrected chi connectivity index (χ0v) is 19.0. The molecule has 0 aliphatic carbocycles. The maximum absolute atomic E-state index is 12.5. The first-order chi connectivity index (χ1) is 15.4. The van der Waals surface area contributed by atoms with Gasteiger partial charge in [0.05, 0.1) is 33.4 Å². The number of hydrogen-bond donors (Lipinski definition) is 1. The van der Waals surface area contributed by atoms with Crippen LogP contribution in [0.5, 0.6) is 17.2 Å². The van der Waals surface area contributed by atoms with Crippen LogP contribution in [0.15, 0.2) is 47.8 Å². The zero-order chi connectivity index (χ0) is 23.1. The number of methoxy groups -OCH3 is 3. The van der Waals surface area contributed by atoms with Gasteiger partial charge in [-0.15, -0.1) is 11.3 Å². The fourth-order valence-corrected chi connectivity index (χ4v) is 3.70. The molecule has 1 N–H and O–H groups in total. The van der Waals surface area contributed by atoms with Crippen LogP contribution in [0.4, 0.5) is 5.13 Å². The van der Waals surface area contributed by atoms with Gasteiger partial charge in [-0.2, -0.15) is 0 Å². The summed E-state index contributed by atoms with van der Waals surface area (Å²) in [5.41, 5.74) is 2.32. The fraction of sp³-hybridized carbons (Fsp3) is 0.261. The van der Waals surface area contributed by atoms with E-state index in [1.165, 1.54) is 39.6 Å². The highest BCUT2D eigenvalue weighted by Crippen LogP contribution is 2.38. The van der Waals surface area contributed by atoms with Crippen LogP contribution in [-0.2, 0) is 20.7 Å². The number of nitrogens with zero attached hydrogens (tertiary/aromatic N) is 1. The van der Waals surface area contributed by atoms with Gasteiger partial charge in [-0.05, 0) is 24.6 Å². The van der Waals surface area contributed by atoms with Crippen molar-refractivity contribution in [1.29, 1.82) is 0 Å². The van der Waals surface area contributed by atoms with Crippen LogP contribution in [0.2, 0.25) is 0 Å². The lowest BCUT2D eigenvalue weighted by Gasteiger charge is -2.15. The smallest absolute Gasteiger partial charge is 0.311 e. The van der Waals surface area contributed by atoms with E-state index in [9.17, 15) is 9.59 Å². The number of anilines is 1. The number of thiazole rings is 1. The van der Waals surface area contributed by atoms with E-state index in [-0.39, 0.29) is 6.42 Å². The van der Waals surface area contributed by atoms with E-state index >= 15 is 0 Å². The summed E-state index contributed by atoms with van der Waals surface area (Å²) >= 11 is 1.30. The minimum atomic E-state index is -0.992. The quantitative estimate of drug-likeness (QED) is 0.487. The molecular weight excluding hydrogens is 432 g/mol. The number of carbonyl (C=O) groups excluding carboxylic acids is 2. The molecule has 168 valence electrons. The van der Waals surface area contributed by atoms with Gasteiger partial charge in [0, 0.05) is 10.9 Å². The van der Waals surface area contributed by atoms with Gasteiger partial charge in [-0.25, -0.2) is 4.98 Å². The largest absolute Gasteiger partial charge is 0.493 e. The Morgan fingerprint density at radius 2 is 1.69 bits per heavy atom. The van der Waals surface area contributed by atoms with Gasteiger partial charge in [0.25, 0.3) is 5.91 Å². The molecule has 0 aliphatic rings. The Bertz CT molecular complexity index is 1060. The lowest BCUT2D eigenvalue weighted by Crippen LogP contribution is -2.30. The summed E-state index contributed by atoms with van der Waals surface area (Å²) in [6.07, 6.45) is -1.06. The monoisotopic (exact) mass is 456 g/mol. The summed E-state index contributed by atoms with van der Waals surface area (Å²) in [6.45, 7) is 1.51. The number of benzene rings is 2. The highest BCUT2D eigenvalue weighted by atomic mass is 32.1. The summed E-state index contributed by atoms with van der Waals surface area (Å²) in [5, 5.41) is 4.97. The van der Waals surface area contributed by atoms with E-state index in [1.54, 1.807) is 12.1 Å². The van der Waals surface area contributed by atoms with Crippen LogP contribution < -0.4 is 19.5 Å². The molecule has 1 aromatic heterocycles. The Labute approximate surface area is 190 Å². The molecule has 0 saturated carbocycles. The standard InChI is InChI=1S/C23H24N2O6S/c1-14(22(27)25-23-24-17(13-32-23)16-8-6-5-7-9-16)31-20(26)12-15-10-18(28-2)21(30-4)19(11-15)29-3/h5-11,13-14H,12H2,1-4H3,(H,24,25,27). The van der Waals surface area contributed by atoms with Crippen molar-refractivity contribution in [3.8, 4) is 28.5 Å². The van der Waals surface area contributed by atoms with Gasteiger partial charge >= 0.3 is 5.97 Å². The van der Waals surface area contributed by atoms with Crippen molar-refractivity contribution in [2.45, 2.75) is 19.4 Å². The van der Waals surface area contributed by atoms with Crippen molar-refractivity contribution in [3.63, 3.8) is 0 Å². The Hall–Kier alpha value is -3.59. The molecule has 0 bridgehead atoms. The molecule has 1 heterocycles. The van der Waals surface area contributed by atoms with Gasteiger partial charge < -0.3 is 18.9 Å². The second-order valence-corrected chi connectivity index (χ2v) is 7.59. The summed E-state index contributed by atoms with van der Waals surface area (Å²) in [6, 6.07) is 13.0. The third-order valence-electron chi connectivity index (χ3n) is 4.55. The van der Waals surface area contributed by atoms with Gasteiger partial charge in [0.2, 0.25) is 5.75 Å². The van der Waals surface area contributed by atoms with Crippen LogP contribution in [0, 0.1) is 0 Å². The number of aromatic nitrogens is 1. The van der Waals surface area contributed by atoms with Crippen molar-refractivity contribution < 1.29 is 28.5 Å². The van der Waals surface area contributed by atoms with E-state index in [4.69, 9.17) is 18.9 Å². The first kappa shape index (κ1) is 23.1. The van der Waals surface area contributed by atoms with E-state index in [0.717, 1.165) is 11.3 Å². The molecule has 32 heavy (non-hydrogen) atoms. The van der Waals surface area contributed by atoms with Crippen LogP contribution in [-0.4, -0.2) is 44.3 Å². The average Bonchev–Trinajstić information content (AvgIpc) is 3.27. The molecule has 3 rings (SSSR count). The minimum absolute atomic E-state index is 0.0657. The van der Waals surface area contributed by atoms with Crippen molar-refractivity contribution in [1.82, 2.24) is 4.98 Å². The number of hydrogen-bond acceptors (Lipinski definition) is 8. The molecule has 0 fully saturated rings. The molecule has 1 amide bonds. The molecule has 0 radical (unpaired) electrons. The minimum Gasteiger partial charge on any atom is -0.493 e. The van der Waals surface area contributed by atoms with Crippen LogP contribution >= 0.6 is 11.3 Å². The Morgan fingerprint density at radius 1 is 1.03 bits per heavy atom. The van der Waals surface area contributed by atoms with Crippen LogP contribution in [0.1, 0.15) is 12.5 Å². The average molecular weight is 457 g/mol. The summed E-state index contributed by atoms with van der Waals surface area (Å²) in [7, 11) is 4.49. The van der Waals surface area contributed by atoms with Crippen molar-refractivity contribution >= 4 is 28.3 Å². The van der Waals surface area contributed by atoms with E-state index < -0.39 is 18.0 Å². The maximum atomic E-state index is 12.5. The highest BCUT2D eigenvalue weighted by Gasteiger charge is 2.21. The Kier molecular flexibility index (Phi) is 7.67. The molecule has 1 atom stereocenters. The highest BCUT2D eigenvalue weighted by molar-refractivity contribution is 7.14. The topological polar surface area (TPSA) is 96.0 Å². The van der Waals surface area contributed by atoms with Crippen molar-refractivity contribution in [3.05, 3.63) is 53.4 Å². The van der Waals surface area contributed by atoms with E-state index in [0.29, 0.717) is 27.9 Å². The second-order valence-electron chi connectivity index (χ2n) is 6.74. The Balaban J connectivity index is 1.60. The van der Waals surface area contributed by atoms with Gasteiger partial charge in [-0.1, -0.05) is 30.3 Å². The molecule has 9 heteroatoms. The van der Waals surface area contributed by atoms with Gasteiger partial charge in [0.1, 0.15) is 0 Å². The number of carbonyl (C=O) groups is 2. The van der Waals surface area contributed by atoms with Crippen LogP contribution in [0.25, 0.3) is 11.3 Å². The second kappa shape index (κ2) is 10.6. The first-order valence-electron chi connectivity index (χ1n) is 9.75.